The summed E-state index contributed by atoms with van der Waals surface area (Å²) in [4.78, 5) is 29.5. The van der Waals surface area contributed by atoms with Gasteiger partial charge in [-0.25, -0.2) is 0 Å². The van der Waals surface area contributed by atoms with Gasteiger partial charge in [0.05, 0.1) is 11.6 Å². The molecule has 1 unspecified atom stereocenters. The minimum Gasteiger partial charge on any atom is -0.481 e. The van der Waals surface area contributed by atoms with E-state index in [0.29, 0.717) is 18.3 Å². The predicted octanol–water partition coefficient (Wildman–Crippen LogP) is 7.49. The van der Waals surface area contributed by atoms with E-state index in [1.165, 1.54) is 12.0 Å². The third-order valence-corrected chi connectivity index (χ3v) is 11.7. The molecule has 2 bridgehead atoms. The minimum absolute atomic E-state index is 0.152. The average Bonchev–Trinajstić information content (AvgIpc) is 3.09. The minimum atomic E-state index is -3.45. The van der Waals surface area contributed by atoms with Crippen LogP contribution >= 0.6 is 7.37 Å². The summed E-state index contributed by atoms with van der Waals surface area (Å²) in [5, 5.41) is 21.2. The highest BCUT2D eigenvalue weighted by Crippen LogP contribution is 2.50. The number of nitrogens with zero attached hydrogens (tertiary/aromatic N) is 2. The molecule has 9 nitrogen and oxygen atoms in total. The van der Waals surface area contributed by atoms with Crippen molar-refractivity contribution in [1.82, 2.24) is 9.88 Å². The first-order valence-electron chi connectivity index (χ1n) is 17.1. The van der Waals surface area contributed by atoms with E-state index in [9.17, 15) is 19.3 Å². The lowest BCUT2D eigenvalue weighted by Crippen LogP contribution is -2.54. The zero-order chi connectivity index (χ0) is 34.7. The Kier molecular flexibility index (Phi) is 13.9. The number of pyridine rings is 1. The van der Waals surface area contributed by atoms with Crippen LogP contribution in [0, 0.1) is 17.8 Å². The average molecular weight is 679 g/mol. The first-order valence-corrected chi connectivity index (χ1v) is 19.1. The van der Waals surface area contributed by atoms with Gasteiger partial charge in [-0.05, 0) is 73.7 Å². The number of carboxylic acids is 1. The van der Waals surface area contributed by atoms with Gasteiger partial charge in [-0.3, -0.25) is 28.6 Å². The molecular weight excluding hydrogens is 627 g/mol. The quantitative estimate of drug-likeness (QED) is 0.0553. The Morgan fingerprint density at radius 2 is 1.83 bits per heavy atom. The lowest BCUT2D eigenvalue weighted by molar-refractivity contribution is -0.169. The van der Waals surface area contributed by atoms with Crippen molar-refractivity contribution < 1.29 is 33.6 Å². The number of piperidine rings is 3. The van der Waals surface area contributed by atoms with Gasteiger partial charge in [0.15, 0.2) is 0 Å². The van der Waals surface area contributed by atoms with Gasteiger partial charge in [-0.1, -0.05) is 75.4 Å². The van der Waals surface area contributed by atoms with Crippen LogP contribution in [0.4, 0.5) is 0 Å². The molecule has 6 rings (SSSR count). The van der Waals surface area contributed by atoms with Crippen LogP contribution in [0.5, 0.6) is 0 Å². The molecule has 2 aromatic carbocycles. The molecule has 1 aromatic heterocycles. The Morgan fingerprint density at radius 1 is 1.10 bits per heavy atom. The van der Waals surface area contributed by atoms with E-state index < -0.39 is 37.9 Å². The van der Waals surface area contributed by atoms with Crippen LogP contribution in [0.25, 0.3) is 10.9 Å². The molecule has 2 N–H and O–H groups in total. The SMILES string of the molecule is C=C[C@H]1CN2CC[C@H]1C[C@H]2[C@H](O)c1ccnc2ccccc12.CCC(=O)O[C@H](O[P@@](=O)(CCCCc1ccccc1)CC(=O)O)C(C)C. The fraction of sp³-hybridized carbons (Fsp3) is 0.500. The molecule has 10 heteroatoms. The number of benzene rings is 2. The maximum absolute atomic E-state index is 13.0. The largest absolute Gasteiger partial charge is 0.481 e. The van der Waals surface area contributed by atoms with Crippen LogP contribution in [-0.2, 0) is 29.8 Å². The van der Waals surface area contributed by atoms with Crippen molar-refractivity contribution in [3.8, 4) is 0 Å². The fourth-order valence-electron chi connectivity index (χ4n) is 6.67. The number of aliphatic hydroxyl groups is 1. The summed E-state index contributed by atoms with van der Waals surface area (Å²) < 4.78 is 23.8. The fourth-order valence-corrected chi connectivity index (χ4v) is 8.79. The molecule has 3 fully saturated rings. The highest BCUT2D eigenvalue weighted by molar-refractivity contribution is 7.59. The van der Waals surface area contributed by atoms with E-state index in [2.05, 4.69) is 28.6 Å². The molecule has 0 radical (unpaired) electrons. The molecule has 3 saturated heterocycles. The van der Waals surface area contributed by atoms with Crippen molar-refractivity contribution in [1.29, 1.82) is 0 Å². The van der Waals surface area contributed by atoms with Gasteiger partial charge in [0.2, 0.25) is 13.7 Å². The van der Waals surface area contributed by atoms with Crippen LogP contribution in [0.2, 0.25) is 0 Å². The number of hydrogen-bond donors (Lipinski definition) is 2. The lowest BCUT2D eigenvalue weighted by Gasteiger charge is -2.50. The number of aliphatic carboxylic acids is 1. The molecule has 0 saturated carbocycles. The standard InChI is InChI=1S/C19H22N2O.C19H29O6P/c1-2-13-12-21-10-8-14(13)11-18(21)19(22)16-7-9-20-17-6-4-3-5-15(16)17;1-4-18(22)24-19(15(2)3)25-26(23,14-17(20)21)13-9-8-12-16-10-6-5-7-11-16/h2-7,9,13-14,18-19,22H,1,8,10-12H2;5-7,10-11,15,19H,4,8-9,12-14H2,1-3H3,(H,20,21)/t13-,14-,18-,19+;19-,26+/m01/s1. The van der Waals surface area contributed by atoms with Crippen LogP contribution in [-0.4, -0.2) is 69.8 Å². The number of esters is 1. The number of unbranched alkanes of at least 4 members (excludes halogenated alkanes) is 1. The van der Waals surface area contributed by atoms with Crippen molar-refractivity contribution in [2.75, 3.05) is 25.4 Å². The van der Waals surface area contributed by atoms with Crippen molar-refractivity contribution in [3.05, 3.63) is 90.6 Å². The summed E-state index contributed by atoms with van der Waals surface area (Å²) in [7, 11) is -3.45. The summed E-state index contributed by atoms with van der Waals surface area (Å²) in [6, 6.07) is 20.2. The summed E-state index contributed by atoms with van der Waals surface area (Å²) >= 11 is 0. The molecule has 3 aliphatic rings. The van der Waals surface area contributed by atoms with Crippen molar-refractivity contribution in [2.45, 2.75) is 77.7 Å². The molecule has 0 spiro atoms. The number of ether oxygens (including phenoxy) is 1. The highest BCUT2D eigenvalue weighted by Gasteiger charge is 2.42. The Labute approximate surface area is 284 Å². The molecule has 7 atom stereocenters. The number of carbonyl (C=O) groups is 2. The van der Waals surface area contributed by atoms with Crippen molar-refractivity contribution >= 4 is 30.2 Å². The zero-order valence-electron chi connectivity index (χ0n) is 28.4. The van der Waals surface area contributed by atoms with E-state index in [1.807, 2.05) is 60.8 Å². The Balaban J connectivity index is 0.000000219. The van der Waals surface area contributed by atoms with Crippen LogP contribution < -0.4 is 0 Å². The molecule has 3 aliphatic heterocycles. The van der Waals surface area contributed by atoms with Gasteiger partial charge in [-0.2, -0.15) is 0 Å². The molecule has 48 heavy (non-hydrogen) atoms. The summed E-state index contributed by atoms with van der Waals surface area (Å²) in [6.07, 6.45) is 6.70. The predicted molar refractivity (Wildman–Crippen MR) is 189 cm³/mol. The summed E-state index contributed by atoms with van der Waals surface area (Å²) in [5.74, 6) is -0.603. The molecule has 3 aromatic rings. The molecular formula is C38H51N2O7P. The van der Waals surface area contributed by atoms with Crippen molar-refractivity contribution in [2.24, 2.45) is 17.8 Å². The zero-order valence-corrected chi connectivity index (χ0v) is 29.3. The number of aliphatic hydroxyl groups excluding tert-OH is 1. The van der Waals surface area contributed by atoms with Crippen LogP contribution in [0.15, 0.2) is 79.5 Å². The van der Waals surface area contributed by atoms with Gasteiger partial charge >= 0.3 is 11.9 Å². The van der Waals surface area contributed by atoms with E-state index in [0.717, 1.165) is 48.8 Å². The number of aryl methyl sites for hydroxylation is 1. The van der Waals surface area contributed by atoms with Gasteiger partial charge in [0.1, 0.15) is 6.16 Å². The number of para-hydroxylation sites is 1. The summed E-state index contributed by atoms with van der Waals surface area (Å²) in [5.41, 5.74) is 3.15. The molecule has 0 amide bonds. The number of hydrogen-bond acceptors (Lipinski definition) is 8. The number of rotatable bonds is 15. The van der Waals surface area contributed by atoms with Gasteiger partial charge < -0.3 is 14.9 Å². The number of carbonyl (C=O) groups excluding carboxylic acids is 1. The van der Waals surface area contributed by atoms with Gasteiger partial charge in [0, 0.05) is 42.7 Å². The van der Waals surface area contributed by atoms with E-state index in [4.69, 9.17) is 14.4 Å². The first-order chi connectivity index (χ1) is 23.0. The van der Waals surface area contributed by atoms with E-state index in [-0.39, 0.29) is 24.5 Å². The second-order valence-corrected chi connectivity index (χ2v) is 15.8. The Morgan fingerprint density at radius 3 is 2.48 bits per heavy atom. The summed E-state index contributed by atoms with van der Waals surface area (Å²) in [6.45, 7) is 11.3. The maximum atomic E-state index is 13.0. The number of fused-ring (bicyclic) bond motifs is 4. The first kappa shape index (κ1) is 37.5. The van der Waals surface area contributed by atoms with Crippen molar-refractivity contribution in [3.63, 3.8) is 0 Å². The Bertz CT molecular complexity index is 1540. The monoisotopic (exact) mass is 678 g/mol. The Hall–Kier alpha value is -3.36. The van der Waals surface area contributed by atoms with Crippen LogP contribution in [0.1, 0.15) is 70.1 Å². The van der Waals surface area contributed by atoms with E-state index in [1.54, 1.807) is 20.8 Å². The third-order valence-electron chi connectivity index (χ3n) is 9.33. The number of aromatic nitrogens is 1. The molecule has 4 heterocycles. The van der Waals surface area contributed by atoms with E-state index >= 15 is 0 Å². The second-order valence-electron chi connectivity index (χ2n) is 13.2. The van der Waals surface area contributed by atoms with Gasteiger partial charge in [-0.15, -0.1) is 6.58 Å². The normalized spacial score (nSPS) is 22.6. The third kappa shape index (κ3) is 10.3. The smallest absolute Gasteiger partial charge is 0.313 e. The lowest BCUT2D eigenvalue weighted by atomic mass is 9.73. The molecule has 0 aliphatic carbocycles. The highest BCUT2D eigenvalue weighted by atomic mass is 31.2. The number of carboxylic acid groups (broad SMARTS) is 1. The molecule has 260 valence electrons. The van der Waals surface area contributed by atoms with Crippen LogP contribution in [0.3, 0.4) is 0 Å². The maximum Gasteiger partial charge on any atom is 0.313 e. The van der Waals surface area contributed by atoms with Gasteiger partial charge in [0.25, 0.3) is 0 Å². The topological polar surface area (TPSA) is 126 Å². The second kappa shape index (κ2) is 17.9.